The fourth-order valence-corrected chi connectivity index (χ4v) is 2.90. The first-order valence-electron chi connectivity index (χ1n) is 6.62. The minimum absolute atomic E-state index is 0.0517. The number of carbonyl (C=O) groups excluding carboxylic acids is 1. The Morgan fingerprint density at radius 2 is 1.95 bits per heavy atom. The third kappa shape index (κ3) is 2.53. The van der Waals surface area contributed by atoms with Crippen LogP contribution in [-0.4, -0.2) is 11.8 Å². The van der Waals surface area contributed by atoms with E-state index in [2.05, 4.69) is 0 Å². The average molecular weight is 278 g/mol. The van der Waals surface area contributed by atoms with Crippen LogP contribution in [0.25, 0.3) is 11.0 Å². The lowest BCUT2D eigenvalue weighted by Crippen LogP contribution is -2.29. The van der Waals surface area contributed by atoms with Gasteiger partial charge in [-0.15, -0.1) is 0 Å². The average Bonchev–Trinajstić information content (AvgIpc) is 2.81. The molecule has 2 aromatic rings. The number of hydrogen-bond acceptors (Lipinski definition) is 3. The molecule has 1 heterocycles. The Morgan fingerprint density at radius 1 is 1.21 bits per heavy atom. The molecule has 1 aromatic carbocycles. The van der Waals surface area contributed by atoms with Gasteiger partial charge < -0.3 is 10.2 Å². The van der Waals surface area contributed by atoms with E-state index in [0.717, 1.165) is 31.1 Å². The number of fused-ring (bicyclic) bond motifs is 1. The molecule has 19 heavy (non-hydrogen) atoms. The molecule has 0 saturated heterocycles. The van der Waals surface area contributed by atoms with Crippen LogP contribution < -0.4 is 5.73 Å². The molecule has 3 nitrogen and oxygen atoms in total. The molecule has 0 unspecified atom stereocenters. The van der Waals surface area contributed by atoms with Gasteiger partial charge >= 0.3 is 0 Å². The number of hydrogen-bond donors (Lipinski definition) is 1. The molecule has 3 rings (SSSR count). The second-order valence-electron chi connectivity index (χ2n) is 5.27. The van der Waals surface area contributed by atoms with Crippen molar-refractivity contribution < 1.29 is 9.21 Å². The highest BCUT2D eigenvalue weighted by molar-refractivity contribution is 6.31. The molecule has 1 fully saturated rings. The topological polar surface area (TPSA) is 56.2 Å². The molecule has 4 heteroatoms. The summed E-state index contributed by atoms with van der Waals surface area (Å²) < 4.78 is 5.63. The SMILES string of the molecule is NC1CCC(C(=O)c2cc3cc(Cl)ccc3o2)CC1. The van der Waals surface area contributed by atoms with E-state index in [4.69, 9.17) is 21.8 Å². The largest absolute Gasteiger partial charge is 0.453 e. The zero-order valence-corrected chi connectivity index (χ0v) is 11.3. The van der Waals surface area contributed by atoms with Gasteiger partial charge in [0.2, 0.25) is 5.78 Å². The van der Waals surface area contributed by atoms with Gasteiger partial charge in [0.15, 0.2) is 5.76 Å². The summed E-state index contributed by atoms with van der Waals surface area (Å²) in [5.74, 6) is 0.591. The minimum Gasteiger partial charge on any atom is -0.453 e. The predicted octanol–water partition coefficient (Wildman–Crippen LogP) is 3.79. The van der Waals surface area contributed by atoms with Crippen molar-refractivity contribution in [2.75, 3.05) is 0 Å². The Hall–Kier alpha value is -1.32. The lowest BCUT2D eigenvalue weighted by molar-refractivity contribution is 0.0858. The first kappa shape index (κ1) is 12.7. The molecular formula is C15H16ClNO2. The molecule has 100 valence electrons. The number of benzene rings is 1. The van der Waals surface area contributed by atoms with Crippen molar-refractivity contribution >= 4 is 28.4 Å². The van der Waals surface area contributed by atoms with Crippen LogP contribution in [0.1, 0.15) is 36.2 Å². The van der Waals surface area contributed by atoms with Gasteiger partial charge in [-0.1, -0.05) is 11.6 Å². The van der Waals surface area contributed by atoms with E-state index in [1.807, 2.05) is 6.07 Å². The number of carbonyl (C=O) groups is 1. The predicted molar refractivity (Wildman–Crippen MR) is 75.5 cm³/mol. The quantitative estimate of drug-likeness (QED) is 0.850. The summed E-state index contributed by atoms with van der Waals surface area (Å²) in [5, 5.41) is 1.53. The molecule has 2 N–H and O–H groups in total. The maximum atomic E-state index is 12.4. The first-order chi connectivity index (χ1) is 9.13. The van der Waals surface area contributed by atoms with Crippen LogP contribution in [0, 0.1) is 5.92 Å². The van der Waals surface area contributed by atoms with Crippen LogP contribution in [0.4, 0.5) is 0 Å². The number of rotatable bonds is 2. The number of nitrogens with two attached hydrogens (primary N) is 1. The minimum atomic E-state index is 0.0517. The summed E-state index contributed by atoms with van der Waals surface area (Å²) in [4.78, 5) is 12.4. The van der Waals surface area contributed by atoms with Crippen molar-refractivity contribution in [2.24, 2.45) is 11.7 Å². The molecule has 0 aliphatic heterocycles. The molecular weight excluding hydrogens is 262 g/mol. The molecule has 1 aliphatic rings. The van der Waals surface area contributed by atoms with Crippen molar-refractivity contribution in [1.82, 2.24) is 0 Å². The highest BCUT2D eigenvalue weighted by Crippen LogP contribution is 2.29. The van der Waals surface area contributed by atoms with Crippen molar-refractivity contribution in [3.63, 3.8) is 0 Å². The number of halogens is 1. The van der Waals surface area contributed by atoms with Crippen LogP contribution in [0.5, 0.6) is 0 Å². The van der Waals surface area contributed by atoms with Crippen molar-refractivity contribution in [3.05, 3.63) is 35.0 Å². The van der Waals surface area contributed by atoms with E-state index in [9.17, 15) is 4.79 Å². The second-order valence-corrected chi connectivity index (χ2v) is 5.71. The Morgan fingerprint density at radius 3 is 2.68 bits per heavy atom. The Kier molecular flexibility index (Phi) is 3.33. The molecule has 0 spiro atoms. The van der Waals surface area contributed by atoms with Gasteiger partial charge in [-0.05, 0) is 49.9 Å². The van der Waals surface area contributed by atoms with Gasteiger partial charge in [-0.25, -0.2) is 0 Å². The Labute approximate surface area is 116 Å². The normalized spacial score (nSPS) is 23.7. The summed E-state index contributed by atoms with van der Waals surface area (Å²) in [7, 11) is 0. The van der Waals surface area contributed by atoms with Crippen LogP contribution in [0.15, 0.2) is 28.7 Å². The fraction of sp³-hybridized carbons (Fsp3) is 0.400. The van der Waals surface area contributed by atoms with Crippen molar-refractivity contribution in [3.8, 4) is 0 Å². The molecule has 1 aromatic heterocycles. The molecule has 1 aliphatic carbocycles. The van der Waals surface area contributed by atoms with Crippen LogP contribution in [0.3, 0.4) is 0 Å². The van der Waals surface area contributed by atoms with Gasteiger partial charge in [0.25, 0.3) is 0 Å². The van der Waals surface area contributed by atoms with Gasteiger partial charge in [0, 0.05) is 22.4 Å². The molecule has 0 amide bonds. The second kappa shape index (κ2) is 4.99. The fourth-order valence-electron chi connectivity index (χ4n) is 2.72. The summed E-state index contributed by atoms with van der Waals surface area (Å²) >= 11 is 5.93. The van der Waals surface area contributed by atoms with E-state index < -0.39 is 0 Å². The molecule has 0 atom stereocenters. The number of Topliss-reactive ketones (excluding diaryl/α,β-unsaturated/α-hetero) is 1. The Balaban J connectivity index is 1.85. The highest BCUT2D eigenvalue weighted by Gasteiger charge is 2.27. The third-order valence-electron chi connectivity index (χ3n) is 3.86. The lowest BCUT2D eigenvalue weighted by atomic mass is 9.83. The van der Waals surface area contributed by atoms with E-state index in [0.29, 0.717) is 16.4 Å². The summed E-state index contributed by atoms with van der Waals surface area (Å²) in [6.07, 6.45) is 3.56. The highest BCUT2D eigenvalue weighted by atomic mass is 35.5. The number of furan rings is 1. The van der Waals surface area contributed by atoms with Gasteiger partial charge in [-0.2, -0.15) is 0 Å². The maximum Gasteiger partial charge on any atom is 0.201 e. The zero-order valence-electron chi connectivity index (χ0n) is 10.6. The van der Waals surface area contributed by atoms with Crippen molar-refractivity contribution in [1.29, 1.82) is 0 Å². The third-order valence-corrected chi connectivity index (χ3v) is 4.10. The standard InChI is InChI=1S/C15H16ClNO2/c16-11-3-6-13-10(7-11)8-14(19-13)15(18)9-1-4-12(17)5-2-9/h3,6-9,12H,1-2,4-5,17H2. The summed E-state index contributed by atoms with van der Waals surface area (Å²) in [5.41, 5.74) is 6.57. The lowest BCUT2D eigenvalue weighted by Gasteiger charge is -2.24. The van der Waals surface area contributed by atoms with Crippen molar-refractivity contribution in [2.45, 2.75) is 31.7 Å². The molecule has 0 bridgehead atoms. The van der Waals surface area contributed by atoms with E-state index in [1.165, 1.54) is 0 Å². The molecule has 0 radical (unpaired) electrons. The zero-order chi connectivity index (χ0) is 13.4. The van der Waals surface area contributed by atoms with Crippen LogP contribution >= 0.6 is 11.6 Å². The van der Waals surface area contributed by atoms with Crippen LogP contribution in [-0.2, 0) is 0 Å². The van der Waals surface area contributed by atoms with Crippen LogP contribution in [0.2, 0.25) is 5.02 Å². The molecule has 1 saturated carbocycles. The Bertz CT molecular complexity index is 612. The van der Waals surface area contributed by atoms with E-state index >= 15 is 0 Å². The smallest absolute Gasteiger partial charge is 0.201 e. The van der Waals surface area contributed by atoms with Gasteiger partial charge in [0.1, 0.15) is 5.58 Å². The maximum absolute atomic E-state index is 12.4. The first-order valence-corrected chi connectivity index (χ1v) is 7.00. The monoisotopic (exact) mass is 277 g/mol. The van der Waals surface area contributed by atoms with E-state index in [-0.39, 0.29) is 17.7 Å². The van der Waals surface area contributed by atoms with Gasteiger partial charge in [-0.3, -0.25) is 4.79 Å². The summed E-state index contributed by atoms with van der Waals surface area (Å²) in [6, 6.07) is 7.41. The number of ketones is 1. The van der Waals surface area contributed by atoms with E-state index in [1.54, 1.807) is 18.2 Å². The van der Waals surface area contributed by atoms with Gasteiger partial charge in [0.05, 0.1) is 0 Å². The summed E-state index contributed by atoms with van der Waals surface area (Å²) in [6.45, 7) is 0.